The van der Waals surface area contributed by atoms with E-state index >= 15 is 0 Å². The number of rotatable bonds is 5. The molecule has 1 fully saturated rings. The molecule has 0 aliphatic carbocycles. The fourth-order valence-electron chi connectivity index (χ4n) is 3.53. The SMILES string of the molecule is CCN(c1cncc(C(=O)Nc2ccc(C)cc2C)c1)C1CCS(=O)(=O)C1. The van der Waals surface area contributed by atoms with Gasteiger partial charge in [-0.05, 0) is 44.9 Å². The van der Waals surface area contributed by atoms with Gasteiger partial charge in [-0.25, -0.2) is 8.42 Å². The molecule has 2 heterocycles. The summed E-state index contributed by atoms with van der Waals surface area (Å²) in [6.45, 7) is 6.60. The maximum absolute atomic E-state index is 12.7. The Kier molecular flexibility index (Phi) is 5.51. The summed E-state index contributed by atoms with van der Waals surface area (Å²) < 4.78 is 23.6. The van der Waals surface area contributed by atoms with Crippen LogP contribution in [0.25, 0.3) is 0 Å². The van der Waals surface area contributed by atoms with E-state index in [1.165, 1.54) is 6.20 Å². The van der Waals surface area contributed by atoms with Crippen LogP contribution in [0.5, 0.6) is 0 Å². The van der Waals surface area contributed by atoms with Gasteiger partial charge in [-0.2, -0.15) is 0 Å². The number of sulfone groups is 1. The number of pyridine rings is 1. The van der Waals surface area contributed by atoms with E-state index in [1.54, 1.807) is 12.3 Å². The van der Waals surface area contributed by atoms with E-state index < -0.39 is 9.84 Å². The summed E-state index contributed by atoms with van der Waals surface area (Å²) in [7, 11) is -2.98. The third-order valence-electron chi connectivity index (χ3n) is 4.94. The fraction of sp³-hybridized carbons (Fsp3) is 0.400. The number of aryl methyl sites for hydroxylation is 2. The Labute approximate surface area is 160 Å². The van der Waals surface area contributed by atoms with Crippen molar-refractivity contribution in [1.82, 2.24) is 4.98 Å². The second-order valence-corrected chi connectivity index (χ2v) is 9.28. The molecule has 7 heteroatoms. The highest BCUT2D eigenvalue weighted by Gasteiger charge is 2.32. The standard InChI is InChI=1S/C20H25N3O3S/c1-4-23(17-7-8-27(25,26)13-17)18-10-16(11-21-12-18)20(24)22-19-6-5-14(2)9-15(19)3/h5-6,9-12,17H,4,7-8,13H2,1-3H3,(H,22,24). The molecule has 1 aromatic heterocycles. The number of carbonyl (C=O) groups excluding carboxylic acids is 1. The van der Waals surface area contributed by atoms with E-state index in [9.17, 15) is 13.2 Å². The number of hydrogen-bond acceptors (Lipinski definition) is 5. The zero-order valence-corrected chi connectivity index (χ0v) is 16.7. The van der Waals surface area contributed by atoms with Gasteiger partial charge in [-0.3, -0.25) is 9.78 Å². The zero-order valence-electron chi connectivity index (χ0n) is 15.9. The average molecular weight is 388 g/mol. The van der Waals surface area contributed by atoms with Crippen LogP contribution >= 0.6 is 0 Å². The minimum atomic E-state index is -2.98. The summed E-state index contributed by atoms with van der Waals surface area (Å²) in [5, 5.41) is 2.93. The fourth-order valence-corrected chi connectivity index (χ4v) is 5.26. The lowest BCUT2D eigenvalue weighted by atomic mass is 10.1. The Morgan fingerprint density at radius 2 is 2.04 bits per heavy atom. The minimum absolute atomic E-state index is 0.0699. The number of nitrogens with one attached hydrogen (secondary N) is 1. The molecule has 0 radical (unpaired) electrons. The molecule has 0 spiro atoms. The number of anilines is 2. The van der Waals surface area contributed by atoms with E-state index in [0.717, 1.165) is 22.5 Å². The van der Waals surface area contributed by atoms with E-state index in [-0.39, 0.29) is 23.5 Å². The molecule has 3 rings (SSSR count). The summed E-state index contributed by atoms with van der Waals surface area (Å²) in [5.74, 6) is 0.139. The average Bonchev–Trinajstić information content (AvgIpc) is 2.98. The first-order chi connectivity index (χ1) is 12.8. The Morgan fingerprint density at radius 1 is 1.26 bits per heavy atom. The Hall–Kier alpha value is -2.41. The molecule has 144 valence electrons. The van der Waals surface area contributed by atoms with Gasteiger partial charge in [0.15, 0.2) is 9.84 Å². The molecule has 1 atom stereocenters. The molecular formula is C20H25N3O3S. The van der Waals surface area contributed by atoms with Crippen molar-refractivity contribution in [1.29, 1.82) is 0 Å². The molecule has 1 saturated heterocycles. The number of carbonyl (C=O) groups is 1. The maximum atomic E-state index is 12.7. The first-order valence-electron chi connectivity index (χ1n) is 9.10. The molecule has 1 aliphatic heterocycles. The number of amides is 1. The van der Waals surface area contributed by atoms with Crippen LogP contribution in [-0.2, 0) is 9.84 Å². The molecule has 1 N–H and O–H groups in total. The van der Waals surface area contributed by atoms with Gasteiger partial charge >= 0.3 is 0 Å². The van der Waals surface area contributed by atoms with Crippen LogP contribution in [-0.4, -0.2) is 43.4 Å². The van der Waals surface area contributed by atoms with Gasteiger partial charge in [0.25, 0.3) is 5.91 Å². The molecule has 1 amide bonds. The van der Waals surface area contributed by atoms with Gasteiger partial charge in [-0.15, -0.1) is 0 Å². The second-order valence-electron chi connectivity index (χ2n) is 7.05. The number of benzene rings is 1. The maximum Gasteiger partial charge on any atom is 0.257 e. The summed E-state index contributed by atoms with van der Waals surface area (Å²) >= 11 is 0. The van der Waals surface area contributed by atoms with Crippen molar-refractivity contribution in [3.8, 4) is 0 Å². The summed E-state index contributed by atoms with van der Waals surface area (Å²) in [6, 6.07) is 7.57. The highest BCUT2D eigenvalue weighted by atomic mass is 32.2. The molecule has 6 nitrogen and oxygen atoms in total. The monoisotopic (exact) mass is 387 g/mol. The molecule has 0 bridgehead atoms. The van der Waals surface area contributed by atoms with Crippen molar-refractivity contribution in [2.24, 2.45) is 0 Å². The Bertz CT molecular complexity index is 957. The minimum Gasteiger partial charge on any atom is -0.367 e. The van der Waals surface area contributed by atoms with Gasteiger partial charge in [0.05, 0.1) is 29.0 Å². The van der Waals surface area contributed by atoms with Crippen LogP contribution in [0.2, 0.25) is 0 Å². The molecule has 2 aromatic rings. The second kappa shape index (κ2) is 7.68. The van der Waals surface area contributed by atoms with Crippen LogP contribution in [0.15, 0.2) is 36.7 Å². The van der Waals surface area contributed by atoms with Gasteiger partial charge < -0.3 is 10.2 Å². The summed E-state index contributed by atoms with van der Waals surface area (Å²) in [6.07, 6.45) is 3.82. The molecule has 1 aromatic carbocycles. The Morgan fingerprint density at radius 3 is 2.67 bits per heavy atom. The predicted octanol–water partition coefficient (Wildman–Crippen LogP) is 2.96. The summed E-state index contributed by atoms with van der Waals surface area (Å²) in [4.78, 5) is 18.9. The molecular weight excluding hydrogens is 362 g/mol. The van der Waals surface area contributed by atoms with Crippen LogP contribution in [0.4, 0.5) is 11.4 Å². The van der Waals surface area contributed by atoms with Crippen molar-refractivity contribution in [3.63, 3.8) is 0 Å². The van der Waals surface area contributed by atoms with E-state index in [1.807, 2.05) is 43.9 Å². The largest absolute Gasteiger partial charge is 0.367 e. The van der Waals surface area contributed by atoms with Crippen molar-refractivity contribution < 1.29 is 13.2 Å². The molecule has 27 heavy (non-hydrogen) atoms. The van der Waals surface area contributed by atoms with Crippen molar-refractivity contribution in [2.45, 2.75) is 33.2 Å². The third kappa shape index (κ3) is 4.47. The first kappa shape index (κ1) is 19.4. The highest BCUT2D eigenvalue weighted by Crippen LogP contribution is 2.25. The van der Waals surface area contributed by atoms with Crippen molar-refractivity contribution in [3.05, 3.63) is 53.3 Å². The van der Waals surface area contributed by atoms with Crippen LogP contribution in [0.3, 0.4) is 0 Å². The molecule has 1 unspecified atom stereocenters. The highest BCUT2D eigenvalue weighted by molar-refractivity contribution is 7.91. The number of hydrogen-bond donors (Lipinski definition) is 1. The molecule has 1 aliphatic rings. The van der Waals surface area contributed by atoms with Crippen LogP contribution < -0.4 is 10.2 Å². The van der Waals surface area contributed by atoms with E-state index in [2.05, 4.69) is 10.3 Å². The lowest BCUT2D eigenvalue weighted by molar-refractivity contribution is 0.102. The zero-order chi connectivity index (χ0) is 19.6. The van der Waals surface area contributed by atoms with Crippen molar-refractivity contribution >= 4 is 27.1 Å². The lowest BCUT2D eigenvalue weighted by Crippen LogP contribution is -2.36. The predicted molar refractivity (Wildman–Crippen MR) is 108 cm³/mol. The van der Waals surface area contributed by atoms with Crippen LogP contribution in [0, 0.1) is 13.8 Å². The van der Waals surface area contributed by atoms with Gasteiger partial charge in [0, 0.05) is 24.5 Å². The van der Waals surface area contributed by atoms with Gasteiger partial charge in [0.1, 0.15) is 0 Å². The van der Waals surface area contributed by atoms with E-state index in [0.29, 0.717) is 18.5 Å². The number of nitrogens with zero attached hydrogens (tertiary/aromatic N) is 2. The van der Waals surface area contributed by atoms with Gasteiger partial charge in [-0.1, -0.05) is 17.7 Å². The van der Waals surface area contributed by atoms with Crippen LogP contribution in [0.1, 0.15) is 34.8 Å². The first-order valence-corrected chi connectivity index (χ1v) is 10.9. The topological polar surface area (TPSA) is 79.4 Å². The van der Waals surface area contributed by atoms with Gasteiger partial charge in [0.2, 0.25) is 0 Å². The smallest absolute Gasteiger partial charge is 0.257 e. The molecule has 0 saturated carbocycles. The normalized spacial score (nSPS) is 18.3. The lowest BCUT2D eigenvalue weighted by Gasteiger charge is -2.29. The summed E-state index contributed by atoms with van der Waals surface area (Å²) in [5.41, 5.74) is 4.13. The Balaban J connectivity index is 1.80. The third-order valence-corrected chi connectivity index (χ3v) is 6.69. The number of aromatic nitrogens is 1. The quantitative estimate of drug-likeness (QED) is 0.853. The van der Waals surface area contributed by atoms with Crippen molar-refractivity contribution in [2.75, 3.05) is 28.3 Å². The van der Waals surface area contributed by atoms with E-state index in [4.69, 9.17) is 0 Å².